The van der Waals surface area contributed by atoms with Gasteiger partial charge in [-0.15, -0.1) is 11.6 Å². The largest absolute Gasteiger partial charge is 0.184 e. The Bertz CT molecular complexity index is 1790. The summed E-state index contributed by atoms with van der Waals surface area (Å²) in [6, 6.07) is 22.3. The molecule has 1 atom stereocenters. The van der Waals surface area contributed by atoms with Crippen molar-refractivity contribution in [2.45, 2.75) is 125 Å². The molecule has 4 bridgehead atoms. The monoisotopic (exact) mass is 776 g/mol. The van der Waals surface area contributed by atoms with Crippen molar-refractivity contribution in [2.75, 3.05) is 0 Å². The third-order valence-corrected chi connectivity index (χ3v) is 13.1. The first-order chi connectivity index (χ1) is 25.3. The first-order valence-corrected chi connectivity index (χ1v) is 22.0. The molecule has 0 spiro atoms. The summed E-state index contributed by atoms with van der Waals surface area (Å²) in [6.07, 6.45) is 23.9. The van der Waals surface area contributed by atoms with Crippen molar-refractivity contribution in [3.63, 3.8) is 0 Å². The number of fused-ring (bicyclic) bond motifs is 5. The van der Waals surface area contributed by atoms with Crippen molar-refractivity contribution < 1.29 is 24.2 Å². The second-order valence-electron chi connectivity index (χ2n) is 18.1. The van der Waals surface area contributed by atoms with Crippen LogP contribution in [0.3, 0.4) is 0 Å². The van der Waals surface area contributed by atoms with Gasteiger partial charge >= 0.3 is 28.4 Å². The number of allylic oxidation sites excluding steroid dienone is 8. The molecule has 0 saturated heterocycles. The molecule has 11 rings (SSSR count). The molecule has 53 heavy (non-hydrogen) atoms. The van der Waals surface area contributed by atoms with Gasteiger partial charge in [-0.2, -0.15) is 60.5 Å². The zero-order valence-electron chi connectivity index (χ0n) is 34.2. The van der Waals surface area contributed by atoms with Crippen molar-refractivity contribution in [1.82, 2.24) is 0 Å². The molecule has 0 heterocycles. The standard InChI is InChI=1S/C25H25.C18H25.C6H5.C2H5.CH2.Zr/c1-14-12-24(3,4)22-8-16-7-17-9-23-19(15(2)13-25(23,5)6)11-21(17)20(16)10-18(14)22;1-12-3-13(2)17(4-12)11-18-8-14-5-15(9-18)7-16(6-14)10-18;1-2-4-6-5-3-1;1-2;;/h8-12H,7H2,1-6H3;4,12,14-16H,5-11H2,1-2H3;1-5H;1H2,2H3;1H2;/q4*-1;;. The first kappa shape index (κ1) is 40.0. The summed E-state index contributed by atoms with van der Waals surface area (Å²) in [5, 5.41) is 0. The van der Waals surface area contributed by atoms with E-state index in [9.17, 15) is 0 Å². The van der Waals surface area contributed by atoms with Crippen LogP contribution in [0.1, 0.15) is 141 Å². The maximum Gasteiger partial charge on any atom is -0.171 e. The van der Waals surface area contributed by atoms with E-state index in [-0.39, 0.29) is 10.8 Å². The molecule has 0 nitrogen and oxygen atoms in total. The zero-order chi connectivity index (χ0) is 38.3. The van der Waals surface area contributed by atoms with E-state index in [1.54, 1.807) is 51.0 Å². The van der Waals surface area contributed by atoms with E-state index in [4.69, 9.17) is 0 Å². The average molecular weight is 778 g/mol. The van der Waals surface area contributed by atoms with Gasteiger partial charge in [-0.1, -0.05) is 84.4 Å². The van der Waals surface area contributed by atoms with E-state index < -0.39 is 0 Å². The Labute approximate surface area is 338 Å². The Hall–Kier alpha value is -2.63. The Morgan fingerprint density at radius 2 is 1.28 bits per heavy atom. The van der Waals surface area contributed by atoms with Gasteiger partial charge < -0.3 is 6.92 Å². The predicted octanol–water partition coefficient (Wildman–Crippen LogP) is 13.7. The Morgan fingerprint density at radius 1 is 0.736 bits per heavy atom. The summed E-state index contributed by atoms with van der Waals surface area (Å²) in [6.45, 7) is 23.2. The normalized spacial score (nSPS) is 27.6. The summed E-state index contributed by atoms with van der Waals surface area (Å²) >= 11 is 1.30. The van der Waals surface area contributed by atoms with Crippen LogP contribution in [0.15, 0.2) is 77.9 Å². The molecule has 0 aromatic heterocycles. The molecular formula is C52H62Zr-4. The van der Waals surface area contributed by atoms with Crippen LogP contribution in [0.2, 0.25) is 0 Å². The van der Waals surface area contributed by atoms with Gasteiger partial charge in [0.25, 0.3) is 0 Å². The molecule has 0 aliphatic heterocycles. The molecule has 3 aromatic rings. The summed E-state index contributed by atoms with van der Waals surface area (Å²) in [4.78, 5) is 0. The fraction of sp³-hybridized carbons (Fsp3) is 0.462. The van der Waals surface area contributed by atoms with E-state index in [0.29, 0.717) is 11.3 Å². The summed E-state index contributed by atoms with van der Waals surface area (Å²) < 4.78 is 3.34. The zero-order valence-corrected chi connectivity index (χ0v) is 36.7. The van der Waals surface area contributed by atoms with Crippen LogP contribution in [-0.2, 0) is 41.5 Å². The number of benzene rings is 3. The quantitative estimate of drug-likeness (QED) is 0.178. The number of rotatable bonds is 2. The van der Waals surface area contributed by atoms with Gasteiger partial charge in [-0.25, -0.2) is 11.1 Å². The fourth-order valence-corrected chi connectivity index (χ4v) is 11.6. The van der Waals surface area contributed by atoms with Crippen LogP contribution in [-0.4, -0.2) is 4.21 Å². The Balaban J connectivity index is 0.000000149. The maximum atomic E-state index is 3.65. The van der Waals surface area contributed by atoms with Crippen molar-refractivity contribution in [2.24, 2.45) is 29.1 Å². The van der Waals surface area contributed by atoms with Gasteiger partial charge in [-0.05, 0) is 120 Å². The van der Waals surface area contributed by atoms with Crippen LogP contribution in [0, 0.1) is 54.2 Å². The van der Waals surface area contributed by atoms with Gasteiger partial charge in [0, 0.05) is 5.41 Å². The van der Waals surface area contributed by atoms with E-state index in [1.165, 1.54) is 91.9 Å². The maximum absolute atomic E-state index is 3.65. The smallest absolute Gasteiger partial charge is 0.171 e. The Morgan fingerprint density at radius 3 is 1.77 bits per heavy atom. The van der Waals surface area contributed by atoms with E-state index >= 15 is 0 Å². The van der Waals surface area contributed by atoms with Crippen LogP contribution in [0.4, 0.5) is 0 Å². The molecule has 3 aromatic carbocycles. The molecule has 1 unspecified atom stereocenters. The van der Waals surface area contributed by atoms with Gasteiger partial charge in [-0.3, -0.25) is 12.2 Å². The van der Waals surface area contributed by atoms with Crippen LogP contribution < -0.4 is 0 Å². The number of hydrogen-bond acceptors (Lipinski definition) is 0. The van der Waals surface area contributed by atoms with Gasteiger partial charge in [0.2, 0.25) is 0 Å². The van der Waals surface area contributed by atoms with E-state index in [2.05, 4.69) is 121 Å². The molecule has 0 N–H and O–H groups in total. The Kier molecular flexibility index (Phi) is 12.0. The number of hydrogen-bond donors (Lipinski definition) is 0. The van der Waals surface area contributed by atoms with Crippen molar-refractivity contribution in [3.05, 3.63) is 136 Å². The molecular weight excluding hydrogens is 716 g/mol. The summed E-state index contributed by atoms with van der Waals surface area (Å²) in [7, 11) is 0. The van der Waals surface area contributed by atoms with E-state index in [1.807, 2.05) is 30.3 Å². The fourth-order valence-electron chi connectivity index (χ4n) is 11.6. The topological polar surface area (TPSA) is 0 Å². The summed E-state index contributed by atoms with van der Waals surface area (Å²) in [5.41, 5.74) is 18.3. The van der Waals surface area contributed by atoms with Gasteiger partial charge in [0.15, 0.2) is 0 Å². The average Bonchev–Trinajstić information content (AvgIpc) is 3.78. The van der Waals surface area contributed by atoms with Crippen molar-refractivity contribution in [1.29, 1.82) is 0 Å². The minimum absolute atomic E-state index is 0.0340. The predicted molar refractivity (Wildman–Crippen MR) is 225 cm³/mol. The van der Waals surface area contributed by atoms with Crippen molar-refractivity contribution in [3.8, 4) is 11.1 Å². The summed E-state index contributed by atoms with van der Waals surface area (Å²) in [5.74, 6) is 3.82. The van der Waals surface area contributed by atoms with Crippen molar-refractivity contribution >= 4 is 15.4 Å². The van der Waals surface area contributed by atoms with E-state index in [0.717, 1.165) is 24.2 Å². The molecule has 278 valence electrons. The second kappa shape index (κ2) is 15.9. The van der Waals surface area contributed by atoms with Crippen LogP contribution in [0.25, 0.3) is 22.3 Å². The van der Waals surface area contributed by atoms with Gasteiger partial charge in [0.1, 0.15) is 0 Å². The third kappa shape index (κ3) is 8.04. The van der Waals surface area contributed by atoms with Gasteiger partial charge in [0.05, 0.1) is 0 Å². The van der Waals surface area contributed by atoms with Crippen LogP contribution >= 0.6 is 0 Å². The molecule has 4 saturated carbocycles. The molecule has 8 aliphatic rings. The minimum atomic E-state index is 0.0340. The molecule has 0 amide bonds. The van der Waals surface area contributed by atoms with Crippen LogP contribution in [0.5, 0.6) is 0 Å². The third-order valence-electron chi connectivity index (χ3n) is 13.1. The second-order valence-corrected chi connectivity index (χ2v) is 18.1. The molecule has 4 fully saturated rings. The molecule has 0 radical (unpaired) electrons. The first-order valence-electron chi connectivity index (χ1n) is 20.2. The SMILES string of the molecule is CC1=[C-]C(C)(C)c2cc3c(cc21)-c1cc2c(cc1C3)C(C)(C)C=C2C.CC1=[C-]C(C)C=C1CC12CC3CC(CC(C3)C1)C2.[CH2-]C.[CH2]=[Zr].[c-]1ccccc1. The minimum Gasteiger partial charge on any atom is -0.184 e. The molecule has 8 aliphatic carbocycles. The molecule has 1 heteroatoms.